The van der Waals surface area contributed by atoms with E-state index in [-0.39, 0.29) is 0 Å². The lowest BCUT2D eigenvalue weighted by Gasteiger charge is -2.10. The predicted octanol–water partition coefficient (Wildman–Crippen LogP) is 1.61. The Morgan fingerprint density at radius 3 is 3.07 bits per heavy atom. The van der Waals surface area contributed by atoms with Crippen molar-refractivity contribution in [1.82, 2.24) is 4.40 Å². The first-order chi connectivity index (χ1) is 6.77. The van der Waals surface area contributed by atoms with Crippen LogP contribution in [0.5, 0.6) is 0 Å². The largest absolute Gasteiger partial charge is 0.310 e. The normalized spacial score (nSPS) is 15.3. The van der Waals surface area contributed by atoms with Crippen LogP contribution in [0.1, 0.15) is 6.92 Å². The number of nitrogens with zero attached hydrogens (tertiary/aromatic N) is 2. The number of anilines is 1. The van der Waals surface area contributed by atoms with Crippen molar-refractivity contribution in [2.75, 3.05) is 5.01 Å². The molecule has 3 nitrogen and oxygen atoms in total. The van der Waals surface area contributed by atoms with E-state index in [2.05, 4.69) is 29.7 Å². The van der Waals surface area contributed by atoms with Gasteiger partial charge in [0.2, 0.25) is 0 Å². The van der Waals surface area contributed by atoms with Crippen molar-refractivity contribution in [2.24, 2.45) is 5.84 Å². The fourth-order valence-electron chi connectivity index (χ4n) is 1.76. The highest BCUT2D eigenvalue weighted by Gasteiger charge is 2.19. The topological polar surface area (TPSA) is 33.7 Å². The molecule has 2 aromatic heterocycles. The van der Waals surface area contributed by atoms with E-state index in [1.54, 1.807) is 5.01 Å². The Bertz CT molecular complexity index is 541. The zero-order valence-electron chi connectivity index (χ0n) is 7.81. The number of hydrogen-bond acceptors (Lipinski definition) is 2. The highest BCUT2D eigenvalue weighted by molar-refractivity contribution is 7.99. The van der Waals surface area contributed by atoms with Gasteiger partial charge in [-0.3, -0.25) is 5.01 Å². The minimum Gasteiger partial charge on any atom is -0.310 e. The van der Waals surface area contributed by atoms with Crippen molar-refractivity contribution in [1.29, 1.82) is 0 Å². The number of fused-ring (bicyclic) bond motifs is 3. The summed E-state index contributed by atoms with van der Waals surface area (Å²) < 4.78 is 2.19. The van der Waals surface area contributed by atoms with Gasteiger partial charge < -0.3 is 4.40 Å². The third-order valence-corrected chi connectivity index (χ3v) is 3.70. The molecule has 14 heavy (non-hydrogen) atoms. The second-order valence-electron chi connectivity index (χ2n) is 3.38. The van der Waals surface area contributed by atoms with Gasteiger partial charge in [-0.25, -0.2) is 5.84 Å². The molecule has 0 spiro atoms. The van der Waals surface area contributed by atoms with E-state index in [1.165, 1.54) is 26.9 Å². The quantitative estimate of drug-likeness (QED) is 0.389. The van der Waals surface area contributed by atoms with Crippen LogP contribution in [0.15, 0.2) is 35.5 Å². The summed E-state index contributed by atoms with van der Waals surface area (Å²) in [5.41, 5.74) is 2.32. The van der Waals surface area contributed by atoms with Gasteiger partial charge in [-0.2, -0.15) is 0 Å². The molecule has 2 aromatic rings. The van der Waals surface area contributed by atoms with Crippen molar-refractivity contribution in [3.05, 3.63) is 30.5 Å². The molecule has 1 aliphatic heterocycles. The maximum Gasteiger partial charge on any atom is 0.0983 e. The maximum atomic E-state index is 5.93. The molecule has 0 amide bonds. The molecule has 0 radical (unpaired) electrons. The second-order valence-corrected chi connectivity index (χ2v) is 4.67. The molecule has 0 bridgehead atoms. The van der Waals surface area contributed by atoms with Gasteiger partial charge in [-0.15, -0.1) is 11.4 Å². The molecule has 1 aliphatic rings. The number of hydrogen-bond donors (Lipinski definition) is 2. The Morgan fingerprint density at radius 1 is 1.36 bits per heavy atom. The molecule has 0 atom stereocenters. The lowest BCUT2D eigenvalue weighted by molar-refractivity contribution is 1.03. The van der Waals surface area contributed by atoms with Crippen molar-refractivity contribution < 1.29 is 0 Å². The third-order valence-electron chi connectivity index (χ3n) is 2.51. The van der Waals surface area contributed by atoms with Gasteiger partial charge in [0.15, 0.2) is 0 Å². The summed E-state index contributed by atoms with van der Waals surface area (Å²) in [6, 6.07) is 8.30. The molecule has 72 valence electrons. The highest BCUT2D eigenvalue weighted by atomic mass is 32.1. The zero-order chi connectivity index (χ0) is 9.71. The highest BCUT2D eigenvalue weighted by Crippen LogP contribution is 2.35. The van der Waals surface area contributed by atoms with Gasteiger partial charge in [-0.05, 0) is 25.1 Å². The average molecular weight is 205 g/mol. The van der Waals surface area contributed by atoms with Crippen LogP contribution >= 0.6 is 11.4 Å². The zero-order valence-corrected chi connectivity index (χ0v) is 8.70. The lowest BCUT2D eigenvalue weighted by Crippen LogP contribution is -2.32. The van der Waals surface area contributed by atoms with Gasteiger partial charge >= 0.3 is 0 Å². The van der Waals surface area contributed by atoms with Gasteiger partial charge in [0.1, 0.15) is 0 Å². The van der Waals surface area contributed by atoms with Gasteiger partial charge in [0, 0.05) is 11.7 Å². The molecular formula is C10H11N3S. The number of aromatic nitrogens is 1. The number of hydrazine groups is 1. The van der Waals surface area contributed by atoms with Gasteiger partial charge in [0.05, 0.1) is 15.7 Å². The Kier molecular flexibility index (Phi) is 1.51. The number of rotatable bonds is 0. The van der Waals surface area contributed by atoms with Crippen LogP contribution in [-0.4, -0.2) is 9.39 Å². The monoisotopic (exact) mass is 205 g/mol. The number of nitrogens with two attached hydrogens (primary N) is 1. The smallest absolute Gasteiger partial charge is 0.0983 e. The van der Waals surface area contributed by atoms with E-state index < -0.39 is 0 Å². The average Bonchev–Trinajstić information content (AvgIpc) is 2.67. The standard InChI is InChI=1S/C10H11N3S/c1-7-13(11)9-6-8-4-2-3-5-12(8)10(9)14-7/h2-6,14H,11H2,1H3. The summed E-state index contributed by atoms with van der Waals surface area (Å²) in [5, 5.41) is 3.03. The van der Waals surface area contributed by atoms with Crippen LogP contribution in [0, 0.1) is 0 Å². The molecular weight excluding hydrogens is 194 g/mol. The molecule has 3 rings (SSSR count). The van der Waals surface area contributed by atoms with E-state index >= 15 is 0 Å². The van der Waals surface area contributed by atoms with Gasteiger partial charge in [-0.1, -0.05) is 6.07 Å². The van der Waals surface area contributed by atoms with E-state index in [0.29, 0.717) is 0 Å². The molecule has 4 heteroatoms. The molecule has 0 saturated carbocycles. The van der Waals surface area contributed by atoms with E-state index in [1.807, 2.05) is 12.1 Å². The second kappa shape index (κ2) is 2.62. The number of pyridine rings is 1. The maximum absolute atomic E-state index is 5.93. The first-order valence-corrected chi connectivity index (χ1v) is 5.37. The van der Waals surface area contributed by atoms with E-state index in [9.17, 15) is 0 Å². The summed E-state index contributed by atoms with van der Waals surface area (Å²) in [6.07, 6.45) is 2.08. The van der Waals surface area contributed by atoms with Crippen LogP contribution in [0.4, 0.5) is 5.69 Å². The van der Waals surface area contributed by atoms with Crippen molar-refractivity contribution in [3.8, 4) is 0 Å². The minimum atomic E-state index is 1.12. The first kappa shape index (κ1) is 8.08. The van der Waals surface area contributed by atoms with Crippen molar-refractivity contribution >= 4 is 27.5 Å². The van der Waals surface area contributed by atoms with Crippen molar-refractivity contribution in [2.45, 2.75) is 11.9 Å². The van der Waals surface area contributed by atoms with Crippen molar-refractivity contribution in [3.63, 3.8) is 0 Å². The van der Waals surface area contributed by atoms with Gasteiger partial charge in [0.25, 0.3) is 0 Å². The third kappa shape index (κ3) is 0.895. The molecule has 0 aliphatic carbocycles. The van der Waals surface area contributed by atoms with Crippen LogP contribution in [0.25, 0.3) is 5.52 Å². The SMILES string of the molecule is CC1=[SH]c2c(cc3ccccn23)N1N. The molecule has 2 N–H and O–H groups in total. The molecule has 0 fully saturated rings. The minimum absolute atomic E-state index is 1.12. The van der Waals surface area contributed by atoms with E-state index in [4.69, 9.17) is 5.84 Å². The Morgan fingerprint density at radius 2 is 2.21 bits per heavy atom. The fraction of sp³-hybridized carbons (Fsp3) is 0.100. The molecule has 0 unspecified atom stereocenters. The van der Waals surface area contributed by atoms with Crippen LogP contribution in [-0.2, 0) is 0 Å². The summed E-state index contributed by atoms with van der Waals surface area (Å²) in [6.45, 7) is 2.05. The number of thiol groups is 1. The Hall–Kier alpha value is -1.26. The summed E-state index contributed by atoms with van der Waals surface area (Å²) in [7, 11) is 0. The summed E-state index contributed by atoms with van der Waals surface area (Å²) >= 11 is 1.20. The Balaban J connectivity index is 2.40. The fourth-order valence-corrected chi connectivity index (χ4v) is 2.86. The predicted molar refractivity (Wildman–Crippen MR) is 62.0 cm³/mol. The van der Waals surface area contributed by atoms with Crippen LogP contribution in [0.2, 0.25) is 0 Å². The molecule has 0 saturated heterocycles. The summed E-state index contributed by atoms with van der Waals surface area (Å²) in [4.78, 5) is 1.17. The molecule has 3 heterocycles. The van der Waals surface area contributed by atoms with Crippen LogP contribution in [0.3, 0.4) is 0 Å². The lowest BCUT2D eigenvalue weighted by atomic mass is 10.4. The Labute approximate surface area is 85.7 Å². The van der Waals surface area contributed by atoms with E-state index in [0.717, 1.165) is 5.69 Å². The first-order valence-electron chi connectivity index (χ1n) is 4.47. The van der Waals surface area contributed by atoms with Crippen LogP contribution < -0.4 is 10.9 Å². The molecule has 0 aromatic carbocycles. The summed E-state index contributed by atoms with van der Waals surface area (Å²) in [5.74, 6) is 5.93.